The lowest BCUT2D eigenvalue weighted by Gasteiger charge is -2.07. The third-order valence-corrected chi connectivity index (χ3v) is 5.12. The Balaban J connectivity index is 2.22. The first-order valence-corrected chi connectivity index (χ1v) is 7.84. The van der Waals surface area contributed by atoms with E-state index in [1.165, 1.54) is 24.3 Å². The normalized spacial score (nSPS) is 13.1. The van der Waals surface area contributed by atoms with Gasteiger partial charge in [-0.3, -0.25) is 10.1 Å². The number of sulfone groups is 1. The van der Waals surface area contributed by atoms with Gasteiger partial charge < -0.3 is 9.47 Å². The maximum absolute atomic E-state index is 12.6. The summed E-state index contributed by atoms with van der Waals surface area (Å²) in [5, 5.41) is 11.5. The van der Waals surface area contributed by atoms with Crippen molar-refractivity contribution in [1.29, 1.82) is 0 Å². The highest BCUT2D eigenvalue weighted by molar-refractivity contribution is 7.91. The molecule has 0 saturated carbocycles. The Morgan fingerprint density at radius 2 is 1.68 bits per heavy atom. The Hall–Kier alpha value is -2.32. The van der Waals surface area contributed by atoms with Crippen LogP contribution in [0, 0.1) is 10.1 Å². The van der Waals surface area contributed by atoms with Crippen LogP contribution in [-0.2, 0) is 9.84 Å². The second-order valence-corrected chi connectivity index (χ2v) is 6.74. The topological polar surface area (TPSA) is 95.7 Å². The lowest BCUT2D eigenvalue weighted by atomic mass is 10.3. The molecule has 0 amide bonds. The van der Waals surface area contributed by atoms with Crippen LogP contribution in [0.4, 0.5) is 5.69 Å². The van der Waals surface area contributed by atoms with Gasteiger partial charge in [0.1, 0.15) is 0 Å². The van der Waals surface area contributed by atoms with Crippen LogP contribution >= 0.6 is 11.6 Å². The van der Waals surface area contributed by atoms with E-state index >= 15 is 0 Å². The van der Waals surface area contributed by atoms with Crippen molar-refractivity contribution in [3.63, 3.8) is 0 Å². The van der Waals surface area contributed by atoms with Crippen LogP contribution in [0.15, 0.2) is 46.2 Å². The summed E-state index contributed by atoms with van der Waals surface area (Å²) in [6.07, 6.45) is 0. The molecular weight excluding hydrogens is 334 g/mol. The molecule has 1 aliphatic rings. The van der Waals surface area contributed by atoms with E-state index in [1.807, 2.05) is 0 Å². The van der Waals surface area contributed by atoms with Gasteiger partial charge in [0.05, 0.1) is 15.9 Å². The van der Waals surface area contributed by atoms with E-state index in [9.17, 15) is 18.5 Å². The van der Waals surface area contributed by atoms with Crippen LogP contribution in [0.5, 0.6) is 11.5 Å². The maximum atomic E-state index is 12.6. The second-order valence-electron chi connectivity index (χ2n) is 4.39. The molecule has 0 N–H and O–H groups in total. The highest BCUT2D eigenvalue weighted by atomic mass is 35.5. The Kier molecular flexibility index (Phi) is 3.42. The molecule has 1 aliphatic heterocycles. The number of nitrogens with zero attached hydrogens (tertiary/aromatic N) is 1. The van der Waals surface area contributed by atoms with E-state index in [4.69, 9.17) is 21.1 Å². The molecule has 0 aliphatic carbocycles. The third-order valence-electron chi connectivity index (χ3n) is 3.06. The molecule has 0 spiro atoms. The molecular formula is C13H8ClNO6S. The van der Waals surface area contributed by atoms with Crippen LogP contribution in [0.2, 0.25) is 5.02 Å². The van der Waals surface area contributed by atoms with E-state index in [-0.39, 0.29) is 23.2 Å². The van der Waals surface area contributed by atoms with Gasteiger partial charge in [-0.15, -0.1) is 0 Å². The molecule has 2 aromatic carbocycles. The standard InChI is InChI=1S/C13H8ClNO6S/c14-8-1-3-9(4-2-8)22(18,19)13-6-12-11(20-7-21-12)5-10(13)15(16)17/h1-6H,7H2. The molecule has 7 nitrogen and oxygen atoms in total. The minimum absolute atomic E-state index is 0.0983. The summed E-state index contributed by atoms with van der Waals surface area (Å²) in [6.45, 7) is -0.114. The number of ether oxygens (including phenoxy) is 2. The van der Waals surface area contributed by atoms with Gasteiger partial charge in [-0.2, -0.15) is 0 Å². The number of halogens is 1. The van der Waals surface area contributed by atoms with Gasteiger partial charge in [0, 0.05) is 11.1 Å². The van der Waals surface area contributed by atoms with E-state index in [2.05, 4.69) is 0 Å². The minimum atomic E-state index is -4.09. The fourth-order valence-corrected chi connectivity index (χ4v) is 3.56. The molecule has 0 bridgehead atoms. The Bertz CT molecular complexity index is 863. The zero-order valence-corrected chi connectivity index (χ0v) is 12.4. The molecule has 0 fully saturated rings. The van der Waals surface area contributed by atoms with Crippen LogP contribution in [0.3, 0.4) is 0 Å². The fourth-order valence-electron chi connectivity index (χ4n) is 2.01. The third kappa shape index (κ3) is 2.36. The predicted octanol–water partition coefficient (Wildman–Crippen LogP) is 2.81. The number of fused-ring (bicyclic) bond motifs is 1. The van der Waals surface area contributed by atoms with Crippen molar-refractivity contribution in [2.45, 2.75) is 9.79 Å². The molecule has 0 radical (unpaired) electrons. The van der Waals surface area contributed by atoms with Crippen LogP contribution in [-0.4, -0.2) is 20.1 Å². The summed E-state index contributed by atoms with van der Waals surface area (Å²) >= 11 is 5.73. The molecule has 3 rings (SSSR count). The second kappa shape index (κ2) is 5.15. The van der Waals surface area contributed by atoms with E-state index < -0.39 is 25.3 Å². The summed E-state index contributed by atoms with van der Waals surface area (Å²) < 4.78 is 35.4. The number of hydrogen-bond acceptors (Lipinski definition) is 6. The molecule has 1 heterocycles. The molecule has 0 unspecified atom stereocenters. The van der Waals surface area contributed by atoms with Gasteiger partial charge in [0.25, 0.3) is 5.69 Å². The molecule has 9 heteroatoms. The van der Waals surface area contributed by atoms with E-state index in [0.717, 1.165) is 12.1 Å². The van der Waals surface area contributed by atoms with Crippen molar-refractivity contribution in [1.82, 2.24) is 0 Å². The lowest BCUT2D eigenvalue weighted by Crippen LogP contribution is -2.05. The summed E-state index contributed by atoms with van der Waals surface area (Å²) in [5.41, 5.74) is -0.570. The molecule has 2 aromatic rings. The Morgan fingerprint density at radius 1 is 1.09 bits per heavy atom. The van der Waals surface area contributed by atoms with Gasteiger partial charge in [0.15, 0.2) is 16.4 Å². The van der Waals surface area contributed by atoms with Gasteiger partial charge in [0.2, 0.25) is 16.6 Å². The molecule has 114 valence electrons. The number of benzene rings is 2. The lowest BCUT2D eigenvalue weighted by molar-refractivity contribution is -0.387. The summed E-state index contributed by atoms with van der Waals surface area (Å²) in [5.74, 6) is 0.292. The van der Waals surface area contributed by atoms with Crippen LogP contribution in [0.25, 0.3) is 0 Å². The molecule has 0 aromatic heterocycles. The average Bonchev–Trinajstić information content (AvgIpc) is 2.93. The monoisotopic (exact) mass is 341 g/mol. The number of nitro benzene ring substituents is 1. The van der Waals surface area contributed by atoms with Crippen molar-refractivity contribution in [2.24, 2.45) is 0 Å². The number of rotatable bonds is 3. The van der Waals surface area contributed by atoms with Crippen molar-refractivity contribution < 1.29 is 22.8 Å². The fraction of sp³-hybridized carbons (Fsp3) is 0.0769. The SMILES string of the molecule is O=[N+]([O-])c1cc2c(cc1S(=O)(=O)c1ccc(Cl)cc1)OCO2. The summed E-state index contributed by atoms with van der Waals surface area (Å²) in [4.78, 5) is 9.85. The first-order valence-electron chi connectivity index (χ1n) is 5.98. The largest absolute Gasteiger partial charge is 0.454 e. The highest BCUT2D eigenvalue weighted by Gasteiger charge is 2.32. The van der Waals surface area contributed by atoms with E-state index in [0.29, 0.717) is 5.02 Å². The smallest absolute Gasteiger partial charge is 0.292 e. The van der Waals surface area contributed by atoms with Crippen molar-refractivity contribution >= 4 is 27.1 Å². The maximum Gasteiger partial charge on any atom is 0.292 e. The van der Waals surface area contributed by atoms with Crippen molar-refractivity contribution in [3.8, 4) is 11.5 Å². The first kappa shape index (κ1) is 14.6. The molecule has 22 heavy (non-hydrogen) atoms. The van der Waals surface area contributed by atoms with Crippen LogP contribution in [0.1, 0.15) is 0 Å². The van der Waals surface area contributed by atoms with Gasteiger partial charge in [-0.05, 0) is 24.3 Å². The van der Waals surface area contributed by atoms with Crippen molar-refractivity contribution in [2.75, 3.05) is 6.79 Å². The Morgan fingerprint density at radius 3 is 2.27 bits per heavy atom. The number of hydrogen-bond donors (Lipinski definition) is 0. The summed E-state index contributed by atoms with van der Waals surface area (Å²) in [6, 6.07) is 7.51. The zero-order chi connectivity index (χ0) is 15.9. The van der Waals surface area contributed by atoms with E-state index in [1.54, 1.807) is 0 Å². The van der Waals surface area contributed by atoms with Crippen LogP contribution < -0.4 is 9.47 Å². The minimum Gasteiger partial charge on any atom is -0.454 e. The Labute approximate surface area is 130 Å². The van der Waals surface area contributed by atoms with Gasteiger partial charge in [-0.1, -0.05) is 11.6 Å². The first-order chi connectivity index (χ1) is 10.4. The summed E-state index contributed by atoms with van der Waals surface area (Å²) in [7, 11) is -4.09. The predicted molar refractivity (Wildman–Crippen MR) is 76.1 cm³/mol. The highest BCUT2D eigenvalue weighted by Crippen LogP contribution is 2.41. The molecule has 0 saturated heterocycles. The van der Waals surface area contributed by atoms with Crippen molar-refractivity contribution in [3.05, 3.63) is 51.5 Å². The number of nitro groups is 1. The average molecular weight is 342 g/mol. The quantitative estimate of drug-likeness (QED) is 0.629. The van der Waals surface area contributed by atoms with Gasteiger partial charge >= 0.3 is 0 Å². The van der Waals surface area contributed by atoms with Gasteiger partial charge in [-0.25, -0.2) is 8.42 Å². The zero-order valence-electron chi connectivity index (χ0n) is 10.9. The molecule has 0 atom stereocenters.